The number of carbonyl (C=O) groups is 1. The molecule has 0 amide bonds. The number of rotatable bonds is 15. The molecule has 0 N–H and O–H groups in total. The van der Waals surface area contributed by atoms with Gasteiger partial charge in [0, 0.05) is 46.4 Å². The molecule has 0 spiro atoms. The summed E-state index contributed by atoms with van der Waals surface area (Å²) in [6.07, 6.45) is 15.3. The standard InChI is InChI=1S/C31H46N2O3.C2H3F3.C2H6.C2H2/c1-11-15-16-27(13-3)24(5)21-28(32(9)10)23-33(19-12-2)22-26-17-18-29(25(6)20-26)36-31(7,8)30(34)35-14-4;1-2(3,4)5;2*1-2/h11-13,15,17-18,20-21H,2,5,14,16,19,22-23H2,1,3-4,6-10H3;1H3;1-2H3;1-2H/b15-11-,27-13+,28-21-;;;. The van der Waals surface area contributed by atoms with E-state index in [0.717, 1.165) is 42.8 Å². The zero-order valence-electron chi connectivity index (χ0n) is 29.5. The highest BCUT2D eigenvalue weighted by molar-refractivity contribution is 5.79. The molecule has 0 fully saturated rings. The summed E-state index contributed by atoms with van der Waals surface area (Å²) in [5.74, 6) is 0.305. The first kappa shape index (κ1) is 45.7. The number of allylic oxidation sites excluding steroid dienone is 6. The Morgan fingerprint density at radius 2 is 1.64 bits per heavy atom. The third-order valence-corrected chi connectivity index (χ3v) is 5.80. The van der Waals surface area contributed by atoms with Crippen LogP contribution in [0.25, 0.3) is 0 Å². The highest BCUT2D eigenvalue weighted by Gasteiger charge is 2.32. The van der Waals surface area contributed by atoms with Gasteiger partial charge in [0.2, 0.25) is 0 Å². The fraction of sp³-hybridized carbons (Fsp3) is 0.486. The maximum Gasteiger partial charge on any atom is 0.386 e. The van der Waals surface area contributed by atoms with Crippen LogP contribution in [0, 0.1) is 19.8 Å². The Balaban J connectivity index is -0.00000174. The fourth-order valence-electron chi connectivity index (χ4n) is 3.69. The lowest BCUT2D eigenvalue weighted by molar-refractivity contribution is -0.158. The van der Waals surface area contributed by atoms with Crippen LogP contribution in [0.5, 0.6) is 5.75 Å². The van der Waals surface area contributed by atoms with Gasteiger partial charge >= 0.3 is 12.1 Å². The van der Waals surface area contributed by atoms with Crippen molar-refractivity contribution in [1.29, 1.82) is 0 Å². The summed E-state index contributed by atoms with van der Waals surface area (Å²) in [6, 6.07) is 6.09. The molecule has 0 aliphatic heterocycles. The summed E-state index contributed by atoms with van der Waals surface area (Å²) in [6.45, 7) is 26.4. The number of ether oxygens (including phenoxy) is 2. The molecule has 0 atom stereocenters. The highest BCUT2D eigenvalue weighted by Crippen LogP contribution is 2.26. The maximum atomic E-state index is 12.2. The molecule has 0 radical (unpaired) electrons. The second-order valence-electron chi connectivity index (χ2n) is 10.3. The van der Waals surface area contributed by atoms with Crippen molar-refractivity contribution < 1.29 is 27.4 Å². The lowest BCUT2D eigenvalue weighted by atomic mass is 10.0. The number of halogens is 3. The molecule has 0 bridgehead atoms. The summed E-state index contributed by atoms with van der Waals surface area (Å²) >= 11 is 0. The molecular formula is C37H57F3N2O3. The molecule has 1 aromatic rings. The van der Waals surface area contributed by atoms with Gasteiger partial charge in [0.05, 0.1) is 6.61 Å². The Labute approximate surface area is 272 Å². The van der Waals surface area contributed by atoms with Crippen molar-refractivity contribution in [3.05, 3.63) is 89.7 Å². The minimum atomic E-state index is -4.00. The topological polar surface area (TPSA) is 42.0 Å². The number of hydrogen-bond acceptors (Lipinski definition) is 5. The van der Waals surface area contributed by atoms with Crippen molar-refractivity contribution in [2.75, 3.05) is 33.8 Å². The van der Waals surface area contributed by atoms with Gasteiger partial charge in [0.25, 0.3) is 0 Å². The van der Waals surface area contributed by atoms with E-state index in [9.17, 15) is 18.0 Å². The third kappa shape index (κ3) is 21.6. The van der Waals surface area contributed by atoms with Crippen LogP contribution in [0.2, 0.25) is 0 Å². The first-order valence-electron chi connectivity index (χ1n) is 15.0. The van der Waals surface area contributed by atoms with Gasteiger partial charge in [-0.3, -0.25) is 4.90 Å². The van der Waals surface area contributed by atoms with Crippen molar-refractivity contribution >= 4 is 5.97 Å². The molecular weight excluding hydrogens is 577 g/mol. The van der Waals surface area contributed by atoms with Crippen molar-refractivity contribution in [3.63, 3.8) is 0 Å². The Bertz CT molecular complexity index is 1120. The van der Waals surface area contributed by atoms with Crippen LogP contribution < -0.4 is 4.74 Å². The number of alkyl halides is 3. The molecule has 1 rings (SSSR count). The van der Waals surface area contributed by atoms with Gasteiger partial charge in [-0.1, -0.05) is 56.9 Å². The van der Waals surface area contributed by atoms with Gasteiger partial charge in [-0.25, -0.2) is 4.79 Å². The number of benzene rings is 1. The zero-order chi connectivity index (χ0) is 35.8. The van der Waals surface area contributed by atoms with E-state index in [1.807, 2.05) is 45.9 Å². The van der Waals surface area contributed by atoms with E-state index in [4.69, 9.17) is 9.47 Å². The molecule has 0 saturated heterocycles. The predicted molar refractivity (Wildman–Crippen MR) is 185 cm³/mol. The number of nitrogens with zero attached hydrogens (tertiary/aromatic N) is 2. The summed E-state index contributed by atoms with van der Waals surface area (Å²) in [5, 5.41) is 0. The largest absolute Gasteiger partial charge is 0.476 e. The molecule has 45 heavy (non-hydrogen) atoms. The van der Waals surface area contributed by atoms with Gasteiger partial charge in [-0.15, -0.1) is 19.4 Å². The Kier molecular flexibility index (Phi) is 25.0. The van der Waals surface area contributed by atoms with Gasteiger partial charge < -0.3 is 14.4 Å². The van der Waals surface area contributed by atoms with Crippen molar-refractivity contribution in [3.8, 4) is 18.6 Å². The molecule has 0 aliphatic carbocycles. The molecule has 0 saturated carbocycles. The summed E-state index contributed by atoms with van der Waals surface area (Å²) in [7, 11) is 4.13. The van der Waals surface area contributed by atoms with E-state index >= 15 is 0 Å². The van der Waals surface area contributed by atoms with Gasteiger partial charge in [-0.05, 0) is 82.4 Å². The number of carbonyl (C=O) groups excluding carboxylic acids is 1. The van der Waals surface area contributed by atoms with E-state index < -0.39 is 11.8 Å². The second-order valence-corrected chi connectivity index (χ2v) is 10.3. The predicted octanol–water partition coefficient (Wildman–Crippen LogP) is 9.46. The van der Waals surface area contributed by atoms with Crippen molar-refractivity contribution in [2.45, 2.75) is 87.1 Å². The molecule has 1 aromatic carbocycles. The summed E-state index contributed by atoms with van der Waals surface area (Å²) < 4.78 is 42.2. The first-order valence-corrected chi connectivity index (χ1v) is 15.0. The molecule has 0 unspecified atom stereocenters. The molecule has 0 aliphatic rings. The monoisotopic (exact) mass is 634 g/mol. The SMILES string of the molecule is C#C.C=CCN(C/C(=C/C(=C)/C(=C/C)C/C=C\C)N(C)C)Cc1ccc(OC(C)(C)C(=O)OCC)c(C)c1.CC.CC(F)(F)F. The third-order valence-electron chi connectivity index (χ3n) is 5.80. The molecule has 5 nitrogen and oxygen atoms in total. The van der Waals surface area contributed by atoms with Crippen LogP contribution >= 0.6 is 0 Å². The van der Waals surface area contributed by atoms with E-state index in [1.54, 1.807) is 20.8 Å². The van der Waals surface area contributed by atoms with E-state index in [-0.39, 0.29) is 12.9 Å². The highest BCUT2D eigenvalue weighted by atomic mass is 19.4. The van der Waals surface area contributed by atoms with Crippen LogP contribution in [0.15, 0.2) is 78.6 Å². The normalized spacial score (nSPS) is 11.7. The summed E-state index contributed by atoms with van der Waals surface area (Å²) in [4.78, 5) is 16.7. The van der Waals surface area contributed by atoms with Gasteiger partial charge in [0.15, 0.2) is 5.60 Å². The Morgan fingerprint density at radius 1 is 1.09 bits per heavy atom. The van der Waals surface area contributed by atoms with Gasteiger partial charge in [0.1, 0.15) is 5.75 Å². The van der Waals surface area contributed by atoms with E-state index in [1.165, 1.54) is 11.3 Å². The maximum absolute atomic E-state index is 12.2. The minimum absolute atomic E-state index is 0.188. The number of aryl methyl sites for hydroxylation is 1. The lowest BCUT2D eigenvalue weighted by Crippen LogP contribution is -2.39. The average molecular weight is 635 g/mol. The number of esters is 1. The second kappa shape index (κ2) is 24.6. The quantitative estimate of drug-likeness (QED) is 0.0832. The smallest absolute Gasteiger partial charge is 0.386 e. The van der Waals surface area contributed by atoms with E-state index in [0.29, 0.717) is 12.4 Å². The fourth-order valence-corrected chi connectivity index (χ4v) is 3.69. The average Bonchev–Trinajstić information content (AvgIpc) is 2.96. The number of hydrogen-bond donors (Lipinski definition) is 0. The molecule has 0 heterocycles. The molecule has 254 valence electrons. The van der Waals surface area contributed by atoms with Crippen molar-refractivity contribution in [1.82, 2.24) is 9.80 Å². The zero-order valence-corrected chi connectivity index (χ0v) is 29.5. The van der Waals surface area contributed by atoms with Crippen LogP contribution in [-0.4, -0.2) is 61.3 Å². The van der Waals surface area contributed by atoms with Crippen LogP contribution in [0.3, 0.4) is 0 Å². The Morgan fingerprint density at radius 3 is 2.07 bits per heavy atom. The van der Waals surface area contributed by atoms with Crippen LogP contribution in [-0.2, 0) is 16.1 Å². The molecule has 8 heteroatoms. The number of terminal acetylenes is 1. The lowest BCUT2D eigenvalue weighted by Gasteiger charge is -2.28. The van der Waals surface area contributed by atoms with Crippen LogP contribution in [0.4, 0.5) is 13.2 Å². The van der Waals surface area contributed by atoms with Crippen molar-refractivity contribution in [2.24, 2.45) is 0 Å². The number of likely N-dealkylation sites (N-methyl/N-ethyl adjacent to an activating group) is 1. The van der Waals surface area contributed by atoms with E-state index in [2.05, 4.69) is 87.2 Å². The molecule has 0 aromatic heterocycles. The van der Waals surface area contributed by atoms with Crippen LogP contribution in [0.1, 0.15) is 72.9 Å². The van der Waals surface area contributed by atoms with Gasteiger partial charge in [-0.2, -0.15) is 13.2 Å². The Hall–Kier alpha value is -3.70. The minimum Gasteiger partial charge on any atom is -0.476 e. The summed E-state index contributed by atoms with van der Waals surface area (Å²) in [5.41, 5.74) is 4.51. The first-order chi connectivity index (χ1) is 21.0.